The smallest absolute Gasteiger partial charge is 0.143 e. The largest absolute Gasteiger partial charge is 0.299 e. The van der Waals surface area contributed by atoms with E-state index in [0.29, 0.717) is 23.5 Å². The Kier molecular flexibility index (Phi) is 1.19. The fourth-order valence-electron chi connectivity index (χ4n) is 2.24. The molecule has 0 bridgehead atoms. The molecular formula is C9H12O. The molecule has 0 aromatic heterocycles. The number of hydrogen-bond acceptors (Lipinski definition) is 1. The van der Waals surface area contributed by atoms with E-state index in [1.165, 1.54) is 0 Å². The molecule has 0 aromatic carbocycles. The molecule has 2 aliphatic rings. The summed E-state index contributed by atoms with van der Waals surface area (Å²) in [6.45, 7) is 2.11. The SMILES string of the molecule is CCC1C(=O)[C@@H]2C=CC[C@H]12. The van der Waals surface area contributed by atoms with E-state index in [0.717, 1.165) is 12.8 Å². The van der Waals surface area contributed by atoms with E-state index < -0.39 is 0 Å². The van der Waals surface area contributed by atoms with Crippen molar-refractivity contribution in [3.8, 4) is 0 Å². The number of carbonyl (C=O) groups is 1. The average Bonchev–Trinajstić information content (AvgIpc) is 2.33. The van der Waals surface area contributed by atoms with Gasteiger partial charge < -0.3 is 0 Å². The van der Waals surface area contributed by atoms with Crippen LogP contribution >= 0.6 is 0 Å². The standard InChI is InChI=1S/C9H12O/c1-2-6-7-4-3-5-8(7)9(6)10/h3,5-8H,2,4H2,1H3/t6?,7-,8-/m1/s1. The molecule has 10 heavy (non-hydrogen) atoms. The highest BCUT2D eigenvalue weighted by Gasteiger charge is 2.47. The van der Waals surface area contributed by atoms with Crippen molar-refractivity contribution in [3.63, 3.8) is 0 Å². The van der Waals surface area contributed by atoms with Gasteiger partial charge in [0.25, 0.3) is 0 Å². The van der Waals surface area contributed by atoms with Gasteiger partial charge in [0, 0.05) is 11.8 Å². The topological polar surface area (TPSA) is 17.1 Å². The summed E-state index contributed by atoms with van der Waals surface area (Å²) in [5.74, 6) is 1.91. The summed E-state index contributed by atoms with van der Waals surface area (Å²) in [7, 11) is 0. The van der Waals surface area contributed by atoms with E-state index in [-0.39, 0.29) is 0 Å². The minimum absolute atomic E-state index is 0.324. The number of Topliss-reactive ketones (excluding diaryl/α,β-unsaturated/α-hetero) is 1. The summed E-state index contributed by atoms with van der Waals surface area (Å²) < 4.78 is 0. The van der Waals surface area contributed by atoms with Gasteiger partial charge in [0.2, 0.25) is 0 Å². The van der Waals surface area contributed by atoms with Crippen molar-refractivity contribution in [2.75, 3.05) is 0 Å². The quantitative estimate of drug-likeness (QED) is 0.502. The molecule has 0 N–H and O–H groups in total. The number of rotatable bonds is 1. The molecule has 0 heterocycles. The van der Waals surface area contributed by atoms with E-state index >= 15 is 0 Å². The van der Waals surface area contributed by atoms with Crippen LogP contribution in [-0.2, 0) is 4.79 Å². The van der Waals surface area contributed by atoms with Gasteiger partial charge in [-0.25, -0.2) is 0 Å². The minimum Gasteiger partial charge on any atom is -0.299 e. The van der Waals surface area contributed by atoms with Crippen LogP contribution in [0.3, 0.4) is 0 Å². The summed E-state index contributed by atoms with van der Waals surface area (Å²) in [5.41, 5.74) is 0. The first kappa shape index (κ1) is 6.14. The summed E-state index contributed by atoms with van der Waals surface area (Å²) >= 11 is 0. The van der Waals surface area contributed by atoms with Crippen molar-refractivity contribution in [2.24, 2.45) is 17.8 Å². The zero-order valence-electron chi connectivity index (χ0n) is 6.21. The fraction of sp³-hybridized carbons (Fsp3) is 0.667. The highest BCUT2D eigenvalue weighted by Crippen LogP contribution is 2.45. The van der Waals surface area contributed by atoms with Crippen molar-refractivity contribution in [3.05, 3.63) is 12.2 Å². The molecule has 1 unspecified atom stereocenters. The van der Waals surface area contributed by atoms with Gasteiger partial charge in [0.1, 0.15) is 5.78 Å². The zero-order valence-corrected chi connectivity index (χ0v) is 6.21. The molecule has 0 saturated heterocycles. The number of ketones is 1. The van der Waals surface area contributed by atoms with Gasteiger partial charge in [0.05, 0.1) is 0 Å². The molecule has 0 aliphatic heterocycles. The van der Waals surface area contributed by atoms with Crippen LogP contribution < -0.4 is 0 Å². The van der Waals surface area contributed by atoms with E-state index in [1.807, 2.05) is 0 Å². The molecule has 0 aromatic rings. The number of carbonyl (C=O) groups excluding carboxylic acids is 1. The predicted octanol–water partition coefficient (Wildman–Crippen LogP) is 1.79. The second-order valence-electron chi connectivity index (χ2n) is 3.27. The molecule has 1 heteroatoms. The number of allylic oxidation sites excluding steroid dienone is 2. The van der Waals surface area contributed by atoms with Crippen molar-refractivity contribution in [1.82, 2.24) is 0 Å². The minimum atomic E-state index is 0.324. The van der Waals surface area contributed by atoms with Crippen molar-refractivity contribution >= 4 is 5.78 Å². The Bertz CT molecular complexity index is 193. The molecule has 3 atom stereocenters. The Morgan fingerprint density at radius 1 is 1.70 bits per heavy atom. The van der Waals surface area contributed by atoms with Crippen LogP contribution in [0.5, 0.6) is 0 Å². The van der Waals surface area contributed by atoms with Gasteiger partial charge in [-0.15, -0.1) is 0 Å². The maximum Gasteiger partial charge on any atom is 0.143 e. The van der Waals surface area contributed by atoms with Crippen LogP contribution in [-0.4, -0.2) is 5.78 Å². The van der Waals surface area contributed by atoms with Crippen LogP contribution in [0.2, 0.25) is 0 Å². The summed E-state index contributed by atoms with van der Waals surface area (Å²) in [4.78, 5) is 11.2. The lowest BCUT2D eigenvalue weighted by molar-refractivity contribution is -0.138. The highest BCUT2D eigenvalue weighted by atomic mass is 16.1. The Labute approximate surface area is 61.1 Å². The van der Waals surface area contributed by atoms with Gasteiger partial charge in [-0.2, -0.15) is 0 Å². The molecule has 2 rings (SSSR count). The molecule has 1 nitrogen and oxygen atoms in total. The first-order valence-electron chi connectivity index (χ1n) is 4.05. The van der Waals surface area contributed by atoms with Crippen LogP contribution in [0.25, 0.3) is 0 Å². The Morgan fingerprint density at radius 2 is 2.50 bits per heavy atom. The summed E-state index contributed by atoms with van der Waals surface area (Å²) in [6.07, 6.45) is 6.43. The van der Waals surface area contributed by atoms with Gasteiger partial charge in [-0.1, -0.05) is 19.1 Å². The Morgan fingerprint density at radius 3 is 3.20 bits per heavy atom. The van der Waals surface area contributed by atoms with Crippen molar-refractivity contribution in [1.29, 1.82) is 0 Å². The molecule has 0 amide bonds. The molecule has 0 radical (unpaired) electrons. The zero-order chi connectivity index (χ0) is 7.14. The van der Waals surface area contributed by atoms with E-state index in [2.05, 4.69) is 19.1 Å². The molecule has 0 spiro atoms. The fourth-order valence-corrected chi connectivity index (χ4v) is 2.24. The first-order chi connectivity index (χ1) is 4.84. The Balaban J connectivity index is 2.12. The third-order valence-electron chi connectivity index (χ3n) is 2.86. The van der Waals surface area contributed by atoms with Crippen LogP contribution in [0.15, 0.2) is 12.2 Å². The summed E-state index contributed by atoms with van der Waals surface area (Å²) in [5, 5.41) is 0. The highest BCUT2D eigenvalue weighted by molar-refractivity contribution is 5.92. The molecule has 2 aliphatic carbocycles. The second kappa shape index (κ2) is 1.94. The molecule has 1 saturated carbocycles. The van der Waals surface area contributed by atoms with Gasteiger partial charge >= 0.3 is 0 Å². The van der Waals surface area contributed by atoms with Crippen LogP contribution in [0.1, 0.15) is 19.8 Å². The molecule has 1 fully saturated rings. The first-order valence-corrected chi connectivity index (χ1v) is 4.05. The lowest BCUT2D eigenvalue weighted by Crippen LogP contribution is -2.43. The lowest BCUT2D eigenvalue weighted by Gasteiger charge is -2.37. The molecule has 54 valence electrons. The van der Waals surface area contributed by atoms with E-state index in [4.69, 9.17) is 0 Å². The Hall–Kier alpha value is -0.590. The normalized spacial score (nSPS) is 43.3. The maximum absolute atomic E-state index is 11.2. The third kappa shape index (κ3) is 0.556. The maximum atomic E-state index is 11.2. The summed E-state index contributed by atoms with van der Waals surface area (Å²) in [6, 6.07) is 0. The monoisotopic (exact) mass is 136 g/mol. The number of fused-ring (bicyclic) bond motifs is 1. The van der Waals surface area contributed by atoms with Gasteiger partial charge in [0.15, 0.2) is 0 Å². The average molecular weight is 136 g/mol. The van der Waals surface area contributed by atoms with Gasteiger partial charge in [-0.05, 0) is 18.8 Å². The van der Waals surface area contributed by atoms with Crippen LogP contribution in [0, 0.1) is 17.8 Å². The predicted molar refractivity (Wildman–Crippen MR) is 39.5 cm³/mol. The van der Waals surface area contributed by atoms with E-state index in [1.54, 1.807) is 0 Å². The van der Waals surface area contributed by atoms with Crippen LogP contribution in [0.4, 0.5) is 0 Å². The van der Waals surface area contributed by atoms with Crippen molar-refractivity contribution in [2.45, 2.75) is 19.8 Å². The third-order valence-corrected chi connectivity index (χ3v) is 2.86. The van der Waals surface area contributed by atoms with Gasteiger partial charge in [-0.3, -0.25) is 4.79 Å². The second-order valence-corrected chi connectivity index (χ2v) is 3.27. The lowest BCUT2D eigenvalue weighted by atomic mass is 9.64. The number of hydrogen-bond donors (Lipinski definition) is 0. The molecular weight excluding hydrogens is 124 g/mol. The van der Waals surface area contributed by atoms with E-state index in [9.17, 15) is 4.79 Å². The van der Waals surface area contributed by atoms with Crippen molar-refractivity contribution < 1.29 is 4.79 Å².